The van der Waals surface area contributed by atoms with Crippen molar-refractivity contribution in [1.29, 1.82) is 0 Å². The fourth-order valence-electron chi connectivity index (χ4n) is 1.00. The molecule has 0 radical (unpaired) electrons. The molecule has 0 amide bonds. The van der Waals surface area contributed by atoms with Crippen LogP contribution in [-0.4, -0.2) is 35.7 Å². The molecule has 0 fully saturated rings. The van der Waals surface area contributed by atoms with Gasteiger partial charge < -0.3 is 4.98 Å². The van der Waals surface area contributed by atoms with Crippen LogP contribution in [0.1, 0.15) is 12.7 Å². The molecular formula is C8H13Cl2N3O2S. The topological polar surface area (TPSA) is 74.8 Å². The first-order chi connectivity index (χ1) is 7.33. The van der Waals surface area contributed by atoms with E-state index < -0.39 is 15.6 Å². The van der Waals surface area contributed by atoms with Gasteiger partial charge in [0.25, 0.3) is 10.0 Å². The van der Waals surface area contributed by atoms with Gasteiger partial charge in [-0.15, -0.1) is 23.2 Å². The van der Waals surface area contributed by atoms with Crippen LogP contribution < -0.4 is 4.72 Å². The van der Waals surface area contributed by atoms with Gasteiger partial charge >= 0.3 is 0 Å². The molecule has 1 heterocycles. The van der Waals surface area contributed by atoms with E-state index in [1.54, 1.807) is 13.8 Å². The number of rotatable bonds is 5. The summed E-state index contributed by atoms with van der Waals surface area (Å²) in [5.74, 6) is 0.699. The second kappa shape index (κ2) is 4.91. The van der Waals surface area contributed by atoms with Crippen molar-refractivity contribution in [3.05, 3.63) is 12.0 Å². The quantitative estimate of drug-likeness (QED) is 0.799. The number of aromatic amines is 1. The van der Waals surface area contributed by atoms with Gasteiger partial charge in [-0.3, -0.25) is 0 Å². The van der Waals surface area contributed by atoms with Crippen molar-refractivity contribution >= 4 is 33.2 Å². The molecule has 16 heavy (non-hydrogen) atoms. The first-order valence-corrected chi connectivity index (χ1v) is 7.06. The number of hydrogen-bond donors (Lipinski definition) is 2. The summed E-state index contributed by atoms with van der Waals surface area (Å²) in [5, 5.41) is 0.00598. The highest BCUT2D eigenvalue weighted by atomic mass is 35.5. The first-order valence-electron chi connectivity index (χ1n) is 4.50. The second-order valence-corrected chi connectivity index (χ2v) is 5.95. The summed E-state index contributed by atoms with van der Waals surface area (Å²) in [6, 6.07) is 0. The van der Waals surface area contributed by atoms with E-state index in [4.69, 9.17) is 23.2 Å². The Morgan fingerprint density at radius 1 is 1.50 bits per heavy atom. The van der Waals surface area contributed by atoms with Gasteiger partial charge in [-0.2, -0.15) is 0 Å². The Bertz CT molecular complexity index is 454. The smallest absolute Gasteiger partial charge is 0.258 e. The molecule has 0 spiro atoms. The third kappa shape index (κ3) is 3.10. The number of nitrogens with zero attached hydrogens (tertiary/aromatic N) is 1. The van der Waals surface area contributed by atoms with Crippen molar-refractivity contribution in [2.45, 2.75) is 24.4 Å². The van der Waals surface area contributed by atoms with Crippen LogP contribution in [-0.2, 0) is 10.0 Å². The second-order valence-electron chi connectivity index (χ2n) is 3.77. The fourth-order valence-corrected chi connectivity index (χ4v) is 2.96. The Balaban J connectivity index is 2.96. The summed E-state index contributed by atoms with van der Waals surface area (Å²) in [4.78, 5) is 6.46. The van der Waals surface area contributed by atoms with E-state index in [-0.39, 0.29) is 16.8 Å². The summed E-state index contributed by atoms with van der Waals surface area (Å²) in [7, 11) is -3.66. The van der Waals surface area contributed by atoms with Gasteiger partial charge in [0, 0.05) is 11.8 Å². The van der Waals surface area contributed by atoms with Gasteiger partial charge in [0.1, 0.15) is 5.82 Å². The highest BCUT2D eigenvalue weighted by molar-refractivity contribution is 7.89. The number of alkyl halides is 2. The van der Waals surface area contributed by atoms with Crippen LogP contribution >= 0.6 is 23.2 Å². The fraction of sp³-hybridized carbons (Fsp3) is 0.625. The lowest BCUT2D eigenvalue weighted by atomic mass is 10.1. The van der Waals surface area contributed by atoms with E-state index in [1.165, 1.54) is 6.20 Å². The zero-order chi connectivity index (χ0) is 12.4. The zero-order valence-corrected chi connectivity index (χ0v) is 11.2. The minimum absolute atomic E-state index is 0.00598. The largest absolute Gasteiger partial charge is 0.332 e. The van der Waals surface area contributed by atoms with Crippen LogP contribution in [0, 0.1) is 6.92 Å². The number of imidazole rings is 1. The maximum Gasteiger partial charge on any atom is 0.258 e. The highest BCUT2D eigenvalue weighted by Gasteiger charge is 2.30. The molecule has 1 rings (SSSR count). The molecule has 5 nitrogen and oxygen atoms in total. The van der Waals surface area contributed by atoms with Crippen LogP contribution in [0.2, 0.25) is 0 Å². The van der Waals surface area contributed by atoms with Gasteiger partial charge in [0.2, 0.25) is 0 Å². The third-order valence-corrected chi connectivity index (χ3v) is 4.67. The monoisotopic (exact) mass is 285 g/mol. The third-order valence-electron chi connectivity index (χ3n) is 1.94. The first kappa shape index (κ1) is 13.8. The molecule has 92 valence electrons. The average Bonchev–Trinajstić information content (AvgIpc) is 2.65. The van der Waals surface area contributed by atoms with Crippen LogP contribution in [0.4, 0.5) is 0 Å². The molecule has 0 aliphatic heterocycles. The minimum Gasteiger partial charge on any atom is -0.332 e. The number of nitrogens with one attached hydrogen (secondary N) is 2. The lowest BCUT2D eigenvalue weighted by molar-refractivity contribution is 0.498. The number of halogens is 2. The maximum atomic E-state index is 11.9. The normalized spacial score (nSPS) is 13.0. The van der Waals surface area contributed by atoms with E-state index in [1.807, 2.05) is 0 Å². The standard InChI is InChI=1S/C8H13Cl2N3O2S/c1-6-11-3-7(12-6)16(14,15)13-8(2,4-9)5-10/h3,13H,4-5H2,1-2H3,(H,11,12). The van der Waals surface area contributed by atoms with E-state index >= 15 is 0 Å². The average molecular weight is 286 g/mol. The van der Waals surface area contributed by atoms with E-state index in [2.05, 4.69) is 14.7 Å². The zero-order valence-electron chi connectivity index (χ0n) is 8.92. The van der Waals surface area contributed by atoms with Crippen LogP contribution in [0.25, 0.3) is 0 Å². The predicted octanol–water partition coefficient (Wildman–Crippen LogP) is 1.23. The molecule has 8 heteroatoms. The Labute approximate surface area is 105 Å². The van der Waals surface area contributed by atoms with Gasteiger partial charge in [-0.1, -0.05) is 0 Å². The minimum atomic E-state index is -3.66. The summed E-state index contributed by atoms with van der Waals surface area (Å²) in [6.07, 6.45) is 1.25. The Hall–Kier alpha value is -0.300. The summed E-state index contributed by atoms with van der Waals surface area (Å²) in [5.41, 5.74) is -0.874. The Kier molecular flexibility index (Phi) is 4.23. The van der Waals surface area contributed by atoms with Crippen LogP contribution in [0.15, 0.2) is 11.2 Å². The molecule has 1 aromatic heterocycles. The lowest BCUT2D eigenvalue weighted by Crippen LogP contribution is -2.49. The number of aromatic nitrogens is 2. The SMILES string of the molecule is Cc1ncc(S(=O)(=O)NC(C)(CCl)CCl)[nH]1. The molecule has 1 aromatic rings. The van der Waals surface area contributed by atoms with Gasteiger partial charge in [-0.05, 0) is 13.8 Å². The van der Waals surface area contributed by atoms with E-state index in [9.17, 15) is 8.42 Å². The van der Waals surface area contributed by atoms with Crippen molar-refractivity contribution in [3.8, 4) is 0 Å². The van der Waals surface area contributed by atoms with Gasteiger partial charge in [0.15, 0.2) is 5.03 Å². The Morgan fingerprint density at radius 3 is 2.44 bits per heavy atom. The molecule has 0 aliphatic carbocycles. The van der Waals surface area contributed by atoms with Crippen molar-refractivity contribution in [3.63, 3.8) is 0 Å². The Morgan fingerprint density at radius 2 is 2.06 bits per heavy atom. The lowest BCUT2D eigenvalue weighted by Gasteiger charge is -2.24. The summed E-state index contributed by atoms with van der Waals surface area (Å²) < 4.78 is 26.2. The summed E-state index contributed by atoms with van der Waals surface area (Å²) >= 11 is 11.3. The summed E-state index contributed by atoms with van der Waals surface area (Å²) in [6.45, 7) is 3.30. The number of hydrogen-bond acceptors (Lipinski definition) is 3. The number of aryl methyl sites for hydroxylation is 1. The van der Waals surface area contributed by atoms with Crippen LogP contribution in [0.5, 0.6) is 0 Å². The number of sulfonamides is 1. The molecular weight excluding hydrogens is 273 g/mol. The van der Waals surface area contributed by atoms with Gasteiger partial charge in [-0.25, -0.2) is 18.1 Å². The molecule has 0 bridgehead atoms. The van der Waals surface area contributed by atoms with Crippen molar-refractivity contribution < 1.29 is 8.42 Å². The van der Waals surface area contributed by atoms with Crippen molar-refractivity contribution in [1.82, 2.24) is 14.7 Å². The maximum absolute atomic E-state index is 11.9. The van der Waals surface area contributed by atoms with Crippen molar-refractivity contribution in [2.24, 2.45) is 0 Å². The molecule has 0 saturated carbocycles. The molecule has 0 atom stereocenters. The molecule has 0 aliphatic rings. The van der Waals surface area contributed by atoms with Gasteiger partial charge in [0.05, 0.1) is 11.7 Å². The van der Waals surface area contributed by atoms with E-state index in [0.717, 1.165) is 0 Å². The highest BCUT2D eigenvalue weighted by Crippen LogP contribution is 2.14. The predicted molar refractivity (Wildman–Crippen MR) is 63.5 cm³/mol. The molecule has 2 N–H and O–H groups in total. The van der Waals surface area contributed by atoms with Crippen LogP contribution in [0.3, 0.4) is 0 Å². The number of H-pyrrole nitrogens is 1. The molecule has 0 aromatic carbocycles. The van der Waals surface area contributed by atoms with E-state index in [0.29, 0.717) is 5.82 Å². The molecule has 0 unspecified atom stereocenters. The van der Waals surface area contributed by atoms with Crippen molar-refractivity contribution in [2.75, 3.05) is 11.8 Å². The molecule has 0 saturated heterocycles.